The van der Waals surface area contributed by atoms with Gasteiger partial charge >= 0.3 is 0 Å². The van der Waals surface area contributed by atoms with E-state index in [1.807, 2.05) is 0 Å². The Hall–Kier alpha value is -0.710. The molecule has 0 aliphatic carbocycles. The molecule has 0 saturated heterocycles. The molecule has 0 amide bonds. The summed E-state index contributed by atoms with van der Waals surface area (Å²) in [4.78, 5) is 0. The lowest BCUT2D eigenvalue weighted by molar-refractivity contribution is -0.0712. The highest BCUT2D eigenvalue weighted by Crippen LogP contribution is 2.34. The maximum Gasteiger partial charge on any atom is 0.289 e. The highest BCUT2D eigenvalue weighted by Gasteiger charge is 2.38. The van der Waals surface area contributed by atoms with E-state index in [2.05, 4.69) is 0 Å². The number of hydrogen-bond donors (Lipinski definition) is 2. The molecule has 0 heterocycles. The van der Waals surface area contributed by atoms with Crippen LogP contribution in [0.3, 0.4) is 0 Å². The molecular weight excluding hydrogens is 224 g/mol. The van der Waals surface area contributed by atoms with Crippen molar-refractivity contribution in [2.75, 3.05) is 6.61 Å². The fourth-order valence-corrected chi connectivity index (χ4v) is 1.69. The third-order valence-electron chi connectivity index (χ3n) is 2.25. The van der Waals surface area contributed by atoms with Gasteiger partial charge in [0.15, 0.2) is 0 Å². The predicted octanol–water partition coefficient (Wildman–Crippen LogP) is 2.28. The molecule has 0 aliphatic rings. The Labute approximate surface area is 91.7 Å². The minimum atomic E-state index is -3.37. The summed E-state index contributed by atoms with van der Waals surface area (Å²) in [5.74, 6) is -3.37. The first-order valence-electron chi connectivity index (χ1n) is 4.39. The summed E-state index contributed by atoms with van der Waals surface area (Å²) in [6.07, 6.45) is 0. The molecule has 0 radical (unpaired) electrons. The first kappa shape index (κ1) is 12.4. The normalized spacial score (nSPS) is 14.0. The summed E-state index contributed by atoms with van der Waals surface area (Å²) in [6, 6.07) is 3.22. The molecule has 1 rings (SSSR count). The van der Waals surface area contributed by atoms with Crippen LogP contribution in [-0.4, -0.2) is 17.6 Å². The Morgan fingerprint density at radius 2 is 2.13 bits per heavy atom. The summed E-state index contributed by atoms with van der Waals surface area (Å²) in [5, 5.41) is 8.72. The Kier molecular flexibility index (Phi) is 3.65. The van der Waals surface area contributed by atoms with Crippen LogP contribution in [0.2, 0.25) is 5.02 Å². The van der Waals surface area contributed by atoms with Gasteiger partial charge in [0.2, 0.25) is 0 Å². The van der Waals surface area contributed by atoms with Crippen LogP contribution in [0, 0.1) is 6.92 Å². The van der Waals surface area contributed by atoms with Crippen LogP contribution in [0.4, 0.5) is 8.78 Å². The molecule has 0 aliphatic heterocycles. The molecule has 5 heteroatoms. The number of rotatable bonds is 3. The highest BCUT2D eigenvalue weighted by atomic mass is 35.5. The monoisotopic (exact) mass is 235 g/mol. The Morgan fingerprint density at radius 1 is 1.53 bits per heavy atom. The van der Waals surface area contributed by atoms with Crippen molar-refractivity contribution in [3.63, 3.8) is 0 Å². The van der Waals surface area contributed by atoms with Gasteiger partial charge in [-0.15, -0.1) is 0 Å². The van der Waals surface area contributed by atoms with E-state index < -0.39 is 18.6 Å². The van der Waals surface area contributed by atoms with E-state index in [-0.39, 0.29) is 10.6 Å². The summed E-state index contributed by atoms with van der Waals surface area (Å²) in [7, 11) is 0. The number of hydrogen-bond acceptors (Lipinski definition) is 2. The van der Waals surface area contributed by atoms with Crippen molar-refractivity contribution < 1.29 is 13.9 Å². The number of benzene rings is 1. The van der Waals surface area contributed by atoms with E-state index in [9.17, 15) is 8.78 Å². The van der Waals surface area contributed by atoms with Crippen LogP contribution >= 0.6 is 11.6 Å². The molecule has 0 saturated carbocycles. The second-order valence-corrected chi connectivity index (χ2v) is 3.77. The second kappa shape index (κ2) is 4.43. The first-order chi connectivity index (χ1) is 6.90. The quantitative estimate of drug-likeness (QED) is 0.844. The lowest BCUT2D eigenvalue weighted by Crippen LogP contribution is -2.36. The zero-order valence-corrected chi connectivity index (χ0v) is 8.93. The van der Waals surface area contributed by atoms with Crippen LogP contribution in [0.5, 0.6) is 0 Å². The lowest BCUT2D eigenvalue weighted by Gasteiger charge is -2.24. The minimum Gasteiger partial charge on any atom is -0.390 e. The fourth-order valence-electron chi connectivity index (χ4n) is 1.35. The molecule has 0 unspecified atom stereocenters. The van der Waals surface area contributed by atoms with Crippen molar-refractivity contribution in [3.8, 4) is 0 Å². The molecule has 0 fully saturated rings. The number of aliphatic hydroxyl groups excluding tert-OH is 1. The molecule has 15 heavy (non-hydrogen) atoms. The van der Waals surface area contributed by atoms with Gasteiger partial charge in [-0.3, -0.25) is 0 Å². The number of aliphatic hydroxyl groups is 1. The molecule has 0 spiro atoms. The highest BCUT2D eigenvalue weighted by molar-refractivity contribution is 6.31. The minimum absolute atomic E-state index is 0.179. The number of alkyl halides is 2. The Morgan fingerprint density at radius 3 is 2.60 bits per heavy atom. The van der Waals surface area contributed by atoms with Crippen LogP contribution in [0.1, 0.15) is 17.2 Å². The van der Waals surface area contributed by atoms with Gasteiger partial charge in [-0.05, 0) is 24.1 Å². The van der Waals surface area contributed by atoms with Crippen molar-refractivity contribution in [1.82, 2.24) is 0 Å². The predicted molar refractivity (Wildman–Crippen MR) is 55.2 cm³/mol. The lowest BCUT2D eigenvalue weighted by atomic mass is 9.97. The molecule has 3 N–H and O–H groups in total. The Balaban J connectivity index is 3.16. The molecule has 1 aromatic rings. The topological polar surface area (TPSA) is 46.2 Å². The van der Waals surface area contributed by atoms with Crippen LogP contribution < -0.4 is 5.73 Å². The summed E-state index contributed by atoms with van der Waals surface area (Å²) in [5.41, 5.74) is 6.16. The zero-order valence-electron chi connectivity index (χ0n) is 8.17. The van der Waals surface area contributed by atoms with Gasteiger partial charge in [0.1, 0.15) is 6.61 Å². The Bertz CT molecular complexity index is 337. The standard InChI is InChI=1S/C10H12ClF2NO/c1-6-3-2-4-7(11)8(6)9(14)10(12,13)5-15/h2-4,9,15H,5,14H2,1H3/t9-/m1/s1. The van der Waals surface area contributed by atoms with Crippen molar-refractivity contribution in [2.24, 2.45) is 5.73 Å². The van der Waals surface area contributed by atoms with E-state index in [1.165, 1.54) is 6.07 Å². The van der Waals surface area contributed by atoms with E-state index in [4.69, 9.17) is 22.4 Å². The van der Waals surface area contributed by atoms with Gasteiger partial charge in [-0.2, -0.15) is 0 Å². The SMILES string of the molecule is Cc1cccc(Cl)c1[C@@H](N)C(F)(F)CO. The van der Waals surface area contributed by atoms with Gasteiger partial charge in [-0.1, -0.05) is 23.7 Å². The van der Waals surface area contributed by atoms with Gasteiger partial charge in [-0.25, -0.2) is 8.78 Å². The number of nitrogens with two attached hydrogens (primary N) is 1. The van der Waals surface area contributed by atoms with Crippen LogP contribution in [0.25, 0.3) is 0 Å². The molecule has 84 valence electrons. The number of halogens is 3. The van der Waals surface area contributed by atoms with Gasteiger partial charge in [0.25, 0.3) is 5.92 Å². The zero-order chi connectivity index (χ0) is 11.6. The van der Waals surface area contributed by atoms with Crippen molar-refractivity contribution >= 4 is 11.6 Å². The average Bonchev–Trinajstić information content (AvgIpc) is 2.17. The van der Waals surface area contributed by atoms with Crippen molar-refractivity contribution in [3.05, 3.63) is 34.3 Å². The fraction of sp³-hybridized carbons (Fsp3) is 0.400. The van der Waals surface area contributed by atoms with Gasteiger partial charge in [0.05, 0.1) is 6.04 Å². The first-order valence-corrected chi connectivity index (χ1v) is 4.77. The van der Waals surface area contributed by atoms with Crippen LogP contribution in [0.15, 0.2) is 18.2 Å². The molecule has 1 atom stereocenters. The van der Waals surface area contributed by atoms with Gasteiger partial charge < -0.3 is 10.8 Å². The van der Waals surface area contributed by atoms with E-state index in [0.29, 0.717) is 5.56 Å². The smallest absolute Gasteiger partial charge is 0.289 e. The maximum absolute atomic E-state index is 13.2. The molecule has 1 aromatic carbocycles. The van der Waals surface area contributed by atoms with E-state index >= 15 is 0 Å². The summed E-state index contributed by atoms with van der Waals surface area (Å²) >= 11 is 5.79. The molecule has 2 nitrogen and oxygen atoms in total. The average molecular weight is 236 g/mol. The molecule has 0 aromatic heterocycles. The second-order valence-electron chi connectivity index (χ2n) is 3.37. The molecule has 0 bridgehead atoms. The maximum atomic E-state index is 13.2. The van der Waals surface area contributed by atoms with Crippen LogP contribution in [-0.2, 0) is 0 Å². The van der Waals surface area contributed by atoms with Crippen molar-refractivity contribution in [1.29, 1.82) is 0 Å². The van der Waals surface area contributed by atoms with E-state index in [0.717, 1.165) is 0 Å². The summed E-state index contributed by atoms with van der Waals surface area (Å²) < 4.78 is 26.3. The van der Waals surface area contributed by atoms with E-state index in [1.54, 1.807) is 19.1 Å². The molecular formula is C10H12ClF2NO. The largest absolute Gasteiger partial charge is 0.390 e. The number of aryl methyl sites for hydroxylation is 1. The third-order valence-corrected chi connectivity index (χ3v) is 2.58. The summed E-state index contributed by atoms with van der Waals surface area (Å²) in [6.45, 7) is 0.355. The van der Waals surface area contributed by atoms with Gasteiger partial charge in [0, 0.05) is 5.02 Å². The van der Waals surface area contributed by atoms with Crippen molar-refractivity contribution in [2.45, 2.75) is 18.9 Å². The third kappa shape index (κ3) is 2.45.